The zero-order chi connectivity index (χ0) is 11.3. The number of likely N-dealkylation sites (N-methyl/N-ethyl adjacent to an activating group) is 1. The van der Waals surface area contributed by atoms with Crippen LogP contribution in [0.2, 0.25) is 0 Å². The standard InChI is InChI=1S/C10H22N2O2S/c1-3-15(13,14)8-7-12(2)10-5-4-6-11-9-10/h10-11H,3-9H2,1-2H3. The summed E-state index contributed by atoms with van der Waals surface area (Å²) in [6.45, 7) is 4.44. The molecule has 0 aliphatic carbocycles. The van der Waals surface area contributed by atoms with Gasteiger partial charge in [-0.25, -0.2) is 8.42 Å². The Kier molecular flexibility index (Phi) is 5.02. The van der Waals surface area contributed by atoms with Gasteiger partial charge in [0.25, 0.3) is 0 Å². The summed E-state index contributed by atoms with van der Waals surface area (Å²) >= 11 is 0. The van der Waals surface area contributed by atoms with Gasteiger partial charge in [-0.3, -0.25) is 0 Å². The number of sulfone groups is 1. The Morgan fingerprint density at radius 2 is 2.20 bits per heavy atom. The molecule has 1 saturated heterocycles. The average Bonchev–Trinajstić information content (AvgIpc) is 2.27. The van der Waals surface area contributed by atoms with Crippen LogP contribution in [0.3, 0.4) is 0 Å². The predicted octanol–water partition coefficient (Wildman–Crippen LogP) is 0.105. The Morgan fingerprint density at radius 1 is 1.47 bits per heavy atom. The van der Waals surface area contributed by atoms with Gasteiger partial charge in [-0.2, -0.15) is 0 Å². The van der Waals surface area contributed by atoms with Gasteiger partial charge < -0.3 is 10.2 Å². The molecule has 1 heterocycles. The Balaban J connectivity index is 2.31. The third-order valence-electron chi connectivity index (χ3n) is 3.09. The molecule has 90 valence electrons. The maximum Gasteiger partial charge on any atom is 0.151 e. The summed E-state index contributed by atoms with van der Waals surface area (Å²) in [5, 5.41) is 3.34. The minimum Gasteiger partial charge on any atom is -0.315 e. The summed E-state index contributed by atoms with van der Waals surface area (Å²) in [5.74, 6) is 0.542. The molecule has 0 amide bonds. The highest BCUT2D eigenvalue weighted by Gasteiger charge is 2.18. The van der Waals surface area contributed by atoms with Gasteiger partial charge in [-0.05, 0) is 26.4 Å². The van der Waals surface area contributed by atoms with Gasteiger partial charge in [-0.15, -0.1) is 0 Å². The molecule has 15 heavy (non-hydrogen) atoms. The van der Waals surface area contributed by atoms with Crippen molar-refractivity contribution in [1.29, 1.82) is 0 Å². The Labute approximate surface area is 93.0 Å². The molecular weight excluding hydrogens is 212 g/mol. The number of rotatable bonds is 5. The van der Waals surface area contributed by atoms with Crippen LogP contribution in [-0.4, -0.2) is 57.5 Å². The van der Waals surface area contributed by atoms with Gasteiger partial charge >= 0.3 is 0 Å². The van der Waals surface area contributed by atoms with Crippen molar-refractivity contribution in [1.82, 2.24) is 10.2 Å². The molecule has 0 aromatic rings. The van der Waals surface area contributed by atoms with Crippen LogP contribution in [0.15, 0.2) is 0 Å². The lowest BCUT2D eigenvalue weighted by molar-refractivity contribution is 0.213. The number of nitrogens with one attached hydrogen (secondary N) is 1. The van der Waals surface area contributed by atoms with Crippen LogP contribution in [-0.2, 0) is 9.84 Å². The molecule has 4 nitrogen and oxygen atoms in total. The van der Waals surface area contributed by atoms with E-state index in [9.17, 15) is 8.42 Å². The lowest BCUT2D eigenvalue weighted by Gasteiger charge is -2.31. The zero-order valence-corrected chi connectivity index (χ0v) is 10.5. The molecule has 0 spiro atoms. The van der Waals surface area contributed by atoms with Crippen LogP contribution in [0.4, 0.5) is 0 Å². The van der Waals surface area contributed by atoms with Crippen molar-refractivity contribution in [3.63, 3.8) is 0 Å². The maximum absolute atomic E-state index is 11.3. The van der Waals surface area contributed by atoms with Gasteiger partial charge in [-0.1, -0.05) is 6.92 Å². The molecule has 1 fully saturated rings. The van der Waals surface area contributed by atoms with Crippen molar-refractivity contribution in [3.8, 4) is 0 Å². The molecule has 1 rings (SSSR count). The quantitative estimate of drug-likeness (QED) is 0.733. The Morgan fingerprint density at radius 3 is 2.73 bits per heavy atom. The summed E-state index contributed by atoms with van der Waals surface area (Å²) in [7, 11) is -0.799. The second-order valence-corrected chi connectivity index (χ2v) is 6.69. The van der Waals surface area contributed by atoms with E-state index in [1.165, 1.54) is 12.8 Å². The van der Waals surface area contributed by atoms with Crippen molar-refractivity contribution in [2.45, 2.75) is 25.8 Å². The molecule has 1 aliphatic heterocycles. The van der Waals surface area contributed by atoms with E-state index in [0.717, 1.165) is 13.1 Å². The van der Waals surface area contributed by atoms with Crippen LogP contribution < -0.4 is 5.32 Å². The van der Waals surface area contributed by atoms with Gasteiger partial charge in [0, 0.05) is 24.9 Å². The van der Waals surface area contributed by atoms with E-state index in [-0.39, 0.29) is 11.5 Å². The van der Waals surface area contributed by atoms with Crippen LogP contribution in [0.1, 0.15) is 19.8 Å². The van der Waals surface area contributed by atoms with Crippen LogP contribution >= 0.6 is 0 Å². The van der Waals surface area contributed by atoms with Gasteiger partial charge in [0.05, 0.1) is 5.75 Å². The maximum atomic E-state index is 11.3. The lowest BCUT2D eigenvalue weighted by atomic mass is 10.1. The molecule has 1 unspecified atom stereocenters. The predicted molar refractivity (Wildman–Crippen MR) is 62.8 cm³/mol. The molecule has 1 aliphatic rings. The normalized spacial score (nSPS) is 23.3. The summed E-state index contributed by atoms with van der Waals surface area (Å²) in [5.41, 5.74) is 0. The average molecular weight is 234 g/mol. The number of piperidine rings is 1. The molecule has 0 aromatic heterocycles. The SMILES string of the molecule is CCS(=O)(=O)CCN(C)C1CCCNC1. The Hall–Kier alpha value is -0.130. The smallest absolute Gasteiger partial charge is 0.151 e. The molecule has 0 radical (unpaired) electrons. The summed E-state index contributed by atoms with van der Waals surface area (Å²) in [6.07, 6.45) is 2.37. The minimum atomic E-state index is -2.82. The minimum absolute atomic E-state index is 0.254. The van der Waals surface area contributed by atoms with Crippen molar-refractivity contribution < 1.29 is 8.42 Å². The van der Waals surface area contributed by atoms with Crippen molar-refractivity contribution in [2.24, 2.45) is 0 Å². The lowest BCUT2D eigenvalue weighted by Crippen LogP contribution is -2.45. The first kappa shape index (κ1) is 12.9. The van der Waals surface area contributed by atoms with E-state index >= 15 is 0 Å². The van der Waals surface area contributed by atoms with Gasteiger partial charge in [0.1, 0.15) is 0 Å². The molecule has 1 N–H and O–H groups in total. The molecule has 0 bridgehead atoms. The first-order valence-electron chi connectivity index (χ1n) is 5.66. The zero-order valence-electron chi connectivity index (χ0n) is 9.70. The fraction of sp³-hybridized carbons (Fsp3) is 1.00. The van der Waals surface area contributed by atoms with Crippen LogP contribution in [0.5, 0.6) is 0 Å². The van der Waals surface area contributed by atoms with E-state index in [1.54, 1.807) is 6.92 Å². The van der Waals surface area contributed by atoms with E-state index in [4.69, 9.17) is 0 Å². The van der Waals surface area contributed by atoms with Gasteiger partial charge in [0.2, 0.25) is 0 Å². The summed E-state index contributed by atoms with van der Waals surface area (Å²) in [6, 6.07) is 0.505. The van der Waals surface area contributed by atoms with Crippen LogP contribution in [0.25, 0.3) is 0 Å². The fourth-order valence-corrected chi connectivity index (χ4v) is 2.67. The molecule has 1 atom stereocenters. The number of hydrogen-bond donors (Lipinski definition) is 1. The largest absolute Gasteiger partial charge is 0.315 e. The molecule has 0 aromatic carbocycles. The monoisotopic (exact) mass is 234 g/mol. The summed E-state index contributed by atoms with van der Waals surface area (Å²) < 4.78 is 22.7. The third kappa shape index (κ3) is 4.49. The van der Waals surface area contributed by atoms with E-state index in [1.807, 2.05) is 7.05 Å². The van der Waals surface area contributed by atoms with E-state index < -0.39 is 9.84 Å². The van der Waals surface area contributed by atoms with E-state index in [2.05, 4.69) is 10.2 Å². The number of hydrogen-bond acceptors (Lipinski definition) is 4. The second-order valence-electron chi connectivity index (χ2n) is 4.22. The van der Waals surface area contributed by atoms with Crippen molar-refractivity contribution >= 4 is 9.84 Å². The topological polar surface area (TPSA) is 49.4 Å². The fourth-order valence-electron chi connectivity index (χ4n) is 1.82. The number of nitrogens with zero attached hydrogens (tertiary/aromatic N) is 1. The highest BCUT2D eigenvalue weighted by molar-refractivity contribution is 7.91. The highest BCUT2D eigenvalue weighted by Crippen LogP contribution is 2.08. The first-order chi connectivity index (χ1) is 7.05. The molecular formula is C10H22N2O2S. The first-order valence-corrected chi connectivity index (χ1v) is 7.48. The third-order valence-corrected chi connectivity index (χ3v) is 4.77. The van der Waals surface area contributed by atoms with Crippen LogP contribution in [0, 0.1) is 0 Å². The van der Waals surface area contributed by atoms with E-state index in [0.29, 0.717) is 12.6 Å². The molecule has 0 saturated carbocycles. The van der Waals surface area contributed by atoms with Gasteiger partial charge in [0.15, 0.2) is 9.84 Å². The Bertz CT molecular complexity index is 271. The van der Waals surface area contributed by atoms with Crippen molar-refractivity contribution in [2.75, 3.05) is 38.2 Å². The highest BCUT2D eigenvalue weighted by atomic mass is 32.2. The summed E-state index contributed by atoms with van der Waals surface area (Å²) in [4.78, 5) is 2.17. The van der Waals surface area contributed by atoms with Crippen molar-refractivity contribution in [3.05, 3.63) is 0 Å². The second kappa shape index (κ2) is 5.82. The molecule has 5 heteroatoms.